The van der Waals surface area contributed by atoms with E-state index < -0.39 is 0 Å². The average Bonchev–Trinajstić information content (AvgIpc) is 3.26. The highest BCUT2D eigenvalue weighted by Gasteiger charge is 2.56. The van der Waals surface area contributed by atoms with Crippen LogP contribution in [0.4, 0.5) is 0 Å². The number of furan rings is 1. The van der Waals surface area contributed by atoms with Crippen LogP contribution in [0.25, 0.3) is 11.0 Å². The van der Waals surface area contributed by atoms with Crippen LogP contribution in [-0.4, -0.2) is 34.6 Å². The Balaban J connectivity index is 1.62. The van der Waals surface area contributed by atoms with E-state index in [1.54, 1.807) is 6.26 Å². The van der Waals surface area contributed by atoms with Crippen molar-refractivity contribution in [2.24, 2.45) is 5.41 Å². The summed E-state index contributed by atoms with van der Waals surface area (Å²) >= 11 is 0. The van der Waals surface area contributed by atoms with Gasteiger partial charge in [0, 0.05) is 28.4 Å². The topological polar surface area (TPSA) is 53.7 Å². The predicted octanol–water partition coefficient (Wildman–Crippen LogP) is 3.74. The van der Waals surface area contributed by atoms with E-state index in [2.05, 4.69) is 31.7 Å². The molecule has 2 saturated heterocycles. The fourth-order valence-corrected chi connectivity index (χ4v) is 5.34. The number of carbonyl (C=O) groups excluding carboxylic acids is 1. The maximum Gasteiger partial charge on any atom is 0.227 e. The molecule has 1 aromatic carbocycles. The van der Waals surface area contributed by atoms with Crippen molar-refractivity contribution in [1.82, 2.24) is 4.90 Å². The van der Waals surface area contributed by atoms with Crippen LogP contribution in [0.2, 0.25) is 0 Å². The molecule has 0 aliphatic carbocycles. The van der Waals surface area contributed by atoms with Crippen LogP contribution in [0.1, 0.15) is 49.3 Å². The summed E-state index contributed by atoms with van der Waals surface area (Å²) in [6.07, 6.45) is 6.10. The van der Waals surface area contributed by atoms with Gasteiger partial charge >= 0.3 is 0 Å². The predicted molar refractivity (Wildman–Crippen MR) is 97.5 cm³/mol. The molecule has 1 N–H and O–H groups in total. The van der Waals surface area contributed by atoms with Gasteiger partial charge < -0.3 is 14.4 Å². The van der Waals surface area contributed by atoms with Gasteiger partial charge in [-0.1, -0.05) is 13.0 Å². The first kappa shape index (κ1) is 16.6. The van der Waals surface area contributed by atoms with E-state index in [-0.39, 0.29) is 24.0 Å². The molecule has 3 heterocycles. The summed E-state index contributed by atoms with van der Waals surface area (Å²) in [5, 5.41) is 11.0. The summed E-state index contributed by atoms with van der Waals surface area (Å²) in [4.78, 5) is 15.2. The molecule has 2 aliphatic rings. The fourth-order valence-electron chi connectivity index (χ4n) is 5.34. The van der Waals surface area contributed by atoms with Crippen LogP contribution >= 0.6 is 0 Å². The lowest BCUT2D eigenvalue weighted by Gasteiger charge is -2.34. The summed E-state index contributed by atoms with van der Waals surface area (Å²) in [6.45, 7) is 6.45. The third-order valence-electron chi connectivity index (χ3n) is 6.59. The summed E-state index contributed by atoms with van der Waals surface area (Å²) < 4.78 is 5.72. The number of amides is 1. The lowest BCUT2D eigenvalue weighted by molar-refractivity contribution is -0.132. The average molecular weight is 341 g/mol. The number of aliphatic hydroxyl groups excluding tert-OH is 1. The van der Waals surface area contributed by atoms with Crippen LogP contribution in [0.3, 0.4) is 0 Å². The van der Waals surface area contributed by atoms with E-state index in [1.807, 2.05) is 6.07 Å². The normalized spacial score (nSPS) is 28.2. The van der Waals surface area contributed by atoms with Gasteiger partial charge in [-0.25, -0.2) is 0 Å². The van der Waals surface area contributed by atoms with Gasteiger partial charge in [-0.05, 0) is 56.7 Å². The van der Waals surface area contributed by atoms with Gasteiger partial charge in [-0.3, -0.25) is 4.79 Å². The molecule has 2 fully saturated rings. The Bertz CT molecular complexity index is 818. The third kappa shape index (κ3) is 2.42. The zero-order valence-corrected chi connectivity index (χ0v) is 15.3. The monoisotopic (exact) mass is 341 g/mol. The first-order valence-corrected chi connectivity index (χ1v) is 9.38. The second-order valence-electron chi connectivity index (χ2n) is 8.02. The van der Waals surface area contributed by atoms with Crippen molar-refractivity contribution in [3.63, 3.8) is 0 Å². The van der Waals surface area contributed by atoms with Gasteiger partial charge in [-0.2, -0.15) is 0 Å². The number of fused-ring (bicyclic) bond motifs is 3. The Hall–Kier alpha value is -1.81. The molecule has 0 radical (unpaired) electrons. The number of hydrogen-bond donors (Lipinski definition) is 1. The van der Waals surface area contributed by atoms with E-state index in [4.69, 9.17) is 4.42 Å². The number of carbonyl (C=O) groups is 1. The molecule has 1 aromatic heterocycles. The van der Waals surface area contributed by atoms with Crippen LogP contribution < -0.4 is 0 Å². The van der Waals surface area contributed by atoms with Crippen LogP contribution in [0.15, 0.2) is 22.8 Å². The van der Waals surface area contributed by atoms with Crippen molar-refractivity contribution in [1.29, 1.82) is 0 Å². The molecular weight excluding hydrogens is 314 g/mol. The lowest BCUT2D eigenvalue weighted by atomic mass is 9.72. The molecule has 2 aliphatic heterocycles. The van der Waals surface area contributed by atoms with Crippen molar-refractivity contribution in [3.05, 3.63) is 35.1 Å². The van der Waals surface area contributed by atoms with Gasteiger partial charge in [-0.15, -0.1) is 0 Å². The standard InChI is InChI=1S/C21H27NO3/c1-4-21(12-23)10-16-5-6-18(21)22(16)19(24)9-15-11-25-17-8-13(2)7-14(3)20(15)17/h7-8,11,16,18,23H,4-6,9-10,12H2,1-3H3/t16-,18+,21-/m1/s1. The number of rotatable bonds is 4. The second kappa shape index (κ2) is 5.87. The highest BCUT2D eigenvalue weighted by Crippen LogP contribution is 2.51. The van der Waals surface area contributed by atoms with Crippen molar-refractivity contribution in [3.8, 4) is 0 Å². The van der Waals surface area contributed by atoms with E-state index in [1.165, 1.54) is 5.56 Å². The Kier molecular flexibility index (Phi) is 3.91. The van der Waals surface area contributed by atoms with Gasteiger partial charge in [0.1, 0.15) is 5.58 Å². The van der Waals surface area contributed by atoms with Crippen LogP contribution in [-0.2, 0) is 11.2 Å². The largest absolute Gasteiger partial charge is 0.464 e. The third-order valence-corrected chi connectivity index (χ3v) is 6.59. The highest BCUT2D eigenvalue weighted by molar-refractivity contribution is 5.90. The summed E-state index contributed by atoms with van der Waals surface area (Å²) in [7, 11) is 0. The first-order valence-electron chi connectivity index (χ1n) is 9.38. The van der Waals surface area contributed by atoms with Gasteiger partial charge in [0.05, 0.1) is 19.3 Å². The quantitative estimate of drug-likeness (QED) is 0.921. The van der Waals surface area contributed by atoms with E-state index >= 15 is 0 Å². The molecule has 0 unspecified atom stereocenters. The molecule has 0 saturated carbocycles. The summed E-state index contributed by atoms with van der Waals surface area (Å²) in [5.41, 5.74) is 4.09. The van der Waals surface area contributed by atoms with Crippen molar-refractivity contribution in [2.75, 3.05) is 6.61 Å². The fraction of sp³-hybridized carbons (Fsp3) is 0.571. The zero-order chi connectivity index (χ0) is 17.8. The molecule has 1 amide bonds. The Morgan fingerprint density at radius 3 is 2.84 bits per heavy atom. The van der Waals surface area contributed by atoms with Crippen molar-refractivity contribution in [2.45, 2.75) is 65.0 Å². The number of benzene rings is 1. The summed E-state index contributed by atoms with van der Waals surface area (Å²) in [6, 6.07) is 4.66. The number of aliphatic hydroxyl groups is 1. The molecule has 25 heavy (non-hydrogen) atoms. The Morgan fingerprint density at radius 2 is 2.16 bits per heavy atom. The second-order valence-corrected chi connectivity index (χ2v) is 8.02. The van der Waals surface area contributed by atoms with E-state index in [0.29, 0.717) is 12.5 Å². The Morgan fingerprint density at radius 1 is 1.36 bits per heavy atom. The minimum absolute atomic E-state index is 0.0932. The lowest BCUT2D eigenvalue weighted by Crippen LogP contribution is -2.42. The number of aryl methyl sites for hydroxylation is 2. The van der Waals surface area contributed by atoms with Crippen LogP contribution in [0, 0.1) is 19.3 Å². The molecule has 4 nitrogen and oxygen atoms in total. The SMILES string of the molecule is CC[C@]1(CO)C[C@H]2CC[C@@H]1N2C(=O)Cc1coc2cc(C)cc(C)c12. The van der Waals surface area contributed by atoms with Crippen LogP contribution in [0.5, 0.6) is 0 Å². The minimum atomic E-state index is -0.0932. The molecule has 3 atom stereocenters. The number of hydrogen-bond acceptors (Lipinski definition) is 3. The minimum Gasteiger partial charge on any atom is -0.464 e. The maximum atomic E-state index is 13.1. The first-order chi connectivity index (χ1) is 12.0. The zero-order valence-electron chi connectivity index (χ0n) is 15.3. The smallest absolute Gasteiger partial charge is 0.227 e. The van der Waals surface area contributed by atoms with Gasteiger partial charge in [0.15, 0.2) is 0 Å². The molecule has 0 spiro atoms. The van der Waals surface area contributed by atoms with Gasteiger partial charge in [0.2, 0.25) is 5.91 Å². The van der Waals surface area contributed by atoms with E-state index in [0.717, 1.165) is 47.8 Å². The number of nitrogens with zero attached hydrogens (tertiary/aromatic N) is 1. The van der Waals surface area contributed by atoms with Crippen molar-refractivity contribution < 1.29 is 14.3 Å². The highest BCUT2D eigenvalue weighted by atomic mass is 16.3. The Labute approximate surface area is 148 Å². The molecule has 4 heteroatoms. The molecule has 134 valence electrons. The summed E-state index contributed by atoms with van der Waals surface area (Å²) in [5.74, 6) is 0.180. The molecule has 2 aromatic rings. The van der Waals surface area contributed by atoms with Crippen molar-refractivity contribution >= 4 is 16.9 Å². The molecule has 4 rings (SSSR count). The molecular formula is C21H27NO3. The maximum absolute atomic E-state index is 13.1. The van der Waals surface area contributed by atoms with Gasteiger partial charge in [0.25, 0.3) is 0 Å². The van der Waals surface area contributed by atoms with E-state index in [9.17, 15) is 9.90 Å². The molecule has 2 bridgehead atoms.